The Hall–Kier alpha value is -2.50. The number of thiazole rings is 1. The summed E-state index contributed by atoms with van der Waals surface area (Å²) in [5.41, 5.74) is 7.61. The minimum Gasteiger partial charge on any atom is -0.299 e. The summed E-state index contributed by atoms with van der Waals surface area (Å²) in [6, 6.07) is 18.7. The lowest BCUT2D eigenvalue weighted by Crippen LogP contribution is -2.24. The zero-order valence-corrected chi connectivity index (χ0v) is 17.5. The predicted octanol–water partition coefficient (Wildman–Crippen LogP) is 5.88. The summed E-state index contributed by atoms with van der Waals surface area (Å²) in [6.07, 6.45) is 4.36. The molecule has 1 aromatic heterocycles. The van der Waals surface area contributed by atoms with Gasteiger partial charge in [-0.25, -0.2) is 4.98 Å². The van der Waals surface area contributed by atoms with Gasteiger partial charge in [0.25, 0.3) is 0 Å². The quantitative estimate of drug-likeness (QED) is 0.346. The van der Waals surface area contributed by atoms with Gasteiger partial charge in [0.1, 0.15) is 0 Å². The van der Waals surface area contributed by atoms with Crippen LogP contribution in [0.25, 0.3) is 11.3 Å². The fraction of sp³-hybridized carbons (Fsp3) is 0.304. The van der Waals surface area contributed by atoms with Crippen molar-refractivity contribution in [2.24, 2.45) is 5.10 Å². The van der Waals surface area contributed by atoms with Crippen LogP contribution in [0.4, 0.5) is 5.13 Å². The van der Waals surface area contributed by atoms with Crippen molar-refractivity contribution in [3.63, 3.8) is 0 Å². The average Bonchev–Trinajstić information content (AvgIpc) is 3.22. The summed E-state index contributed by atoms with van der Waals surface area (Å²) in [7, 11) is 0. The smallest absolute Gasteiger partial charge is 0.203 e. The van der Waals surface area contributed by atoms with Gasteiger partial charge in [-0.3, -0.25) is 10.3 Å². The van der Waals surface area contributed by atoms with E-state index < -0.39 is 0 Å². The Kier molecular flexibility index (Phi) is 7.76. The molecule has 0 amide bonds. The van der Waals surface area contributed by atoms with Crippen LogP contribution < -0.4 is 5.43 Å². The Morgan fingerprint density at radius 2 is 1.86 bits per heavy atom. The van der Waals surface area contributed by atoms with E-state index in [0.29, 0.717) is 0 Å². The van der Waals surface area contributed by atoms with Gasteiger partial charge in [0, 0.05) is 17.5 Å². The maximum Gasteiger partial charge on any atom is 0.203 e. The third kappa shape index (κ3) is 5.75. The summed E-state index contributed by atoms with van der Waals surface area (Å²) >= 11 is 1.56. The molecule has 146 valence electrons. The highest BCUT2D eigenvalue weighted by Crippen LogP contribution is 2.24. The molecule has 0 radical (unpaired) electrons. The number of benzene rings is 2. The molecule has 0 unspecified atom stereocenters. The molecule has 2 aromatic carbocycles. The zero-order chi connectivity index (χ0) is 19.6. The second-order valence-corrected chi connectivity index (χ2v) is 7.55. The number of anilines is 1. The van der Waals surface area contributed by atoms with Gasteiger partial charge in [0.15, 0.2) is 0 Å². The Bertz CT molecular complexity index is 873. The van der Waals surface area contributed by atoms with Crippen LogP contribution in [0.15, 0.2) is 65.1 Å². The van der Waals surface area contributed by atoms with E-state index in [1.165, 1.54) is 18.4 Å². The number of hydrazone groups is 1. The van der Waals surface area contributed by atoms with Crippen LogP contribution in [0.5, 0.6) is 0 Å². The monoisotopic (exact) mass is 392 g/mol. The van der Waals surface area contributed by atoms with E-state index in [-0.39, 0.29) is 0 Å². The van der Waals surface area contributed by atoms with E-state index in [2.05, 4.69) is 70.7 Å². The van der Waals surface area contributed by atoms with Crippen LogP contribution in [0, 0.1) is 0 Å². The lowest BCUT2D eigenvalue weighted by atomic mass is 10.1. The molecule has 0 saturated heterocycles. The van der Waals surface area contributed by atoms with E-state index in [0.717, 1.165) is 41.6 Å². The number of unbranched alkanes of at least 4 members (excludes halogenated alkanes) is 1. The molecular formula is C23H28N4S. The highest BCUT2D eigenvalue weighted by Gasteiger charge is 2.07. The Morgan fingerprint density at radius 1 is 1.07 bits per heavy atom. The van der Waals surface area contributed by atoms with Gasteiger partial charge < -0.3 is 0 Å². The first kappa shape index (κ1) is 20.2. The molecule has 0 atom stereocenters. The maximum atomic E-state index is 4.61. The van der Waals surface area contributed by atoms with Crippen LogP contribution in [0.1, 0.15) is 37.8 Å². The molecule has 0 saturated carbocycles. The summed E-state index contributed by atoms with van der Waals surface area (Å²) in [5, 5.41) is 7.28. The number of hydrogen-bond donors (Lipinski definition) is 1. The first-order chi connectivity index (χ1) is 13.8. The number of hydrogen-bond acceptors (Lipinski definition) is 5. The van der Waals surface area contributed by atoms with E-state index in [4.69, 9.17) is 0 Å². The summed E-state index contributed by atoms with van der Waals surface area (Å²) in [5.74, 6) is 0. The lowest BCUT2D eigenvalue weighted by Gasteiger charge is -2.21. The number of nitrogens with zero attached hydrogens (tertiary/aromatic N) is 3. The fourth-order valence-electron chi connectivity index (χ4n) is 3.00. The first-order valence-corrected chi connectivity index (χ1v) is 10.8. The van der Waals surface area contributed by atoms with Crippen LogP contribution >= 0.6 is 11.3 Å². The normalized spacial score (nSPS) is 11.4. The van der Waals surface area contributed by atoms with Gasteiger partial charge in [-0.15, -0.1) is 11.3 Å². The molecule has 3 aromatic rings. The SMILES string of the molecule is CCCCN(CC)Cc1ccccc1C=NNc1nc(-c2ccccc2)cs1. The number of rotatable bonds is 10. The molecule has 0 aliphatic rings. The molecule has 3 rings (SSSR count). The van der Waals surface area contributed by atoms with Gasteiger partial charge in [0.2, 0.25) is 5.13 Å². The van der Waals surface area contributed by atoms with E-state index >= 15 is 0 Å². The minimum atomic E-state index is 0.797. The van der Waals surface area contributed by atoms with Crippen LogP contribution in [0.3, 0.4) is 0 Å². The van der Waals surface area contributed by atoms with Crippen molar-refractivity contribution < 1.29 is 0 Å². The summed E-state index contributed by atoms with van der Waals surface area (Å²) in [6.45, 7) is 7.61. The van der Waals surface area contributed by atoms with Gasteiger partial charge in [0.05, 0.1) is 11.9 Å². The van der Waals surface area contributed by atoms with Gasteiger partial charge in [-0.05, 0) is 30.6 Å². The van der Waals surface area contributed by atoms with Crippen LogP contribution in [0.2, 0.25) is 0 Å². The lowest BCUT2D eigenvalue weighted by molar-refractivity contribution is 0.275. The van der Waals surface area contributed by atoms with Crippen molar-refractivity contribution in [2.45, 2.75) is 33.2 Å². The second kappa shape index (κ2) is 10.7. The highest BCUT2D eigenvalue weighted by atomic mass is 32.1. The standard InChI is InChI=1S/C23H28N4S/c1-3-5-15-27(4-2)17-21-14-10-9-13-20(21)16-24-26-23-25-22(18-28-23)19-11-7-6-8-12-19/h6-14,16,18H,3-5,15,17H2,1-2H3,(H,25,26). The van der Waals surface area contributed by atoms with Crippen LogP contribution in [-0.4, -0.2) is 29.2 Å². The largest absolute Gasteiger partial charge is 0.299 e. The Balaban J connectivity index is 1.64. The molecule has 1 heterocycles. The third-order valence-corrected chi connectivity index (χ3v) is 5.41. The van der Waals surface area contributed by atoms with Gasteiger partial charge in [-0.2, -0.15) is 5.10 Å². The molecule has 0 aliphatic heterocycles. The van der Waals surface area contributed by atoms with E-state index in [1.807, 2.05) is 29.8 Å². The molecule has 28 heavy (non-hydrogen) atoms. The van der Waals surface area contributed by atoms with Crippen molar-refractivity contribution in [2.75, 3.05) is 18.5 Å². The molecule has 0 spiro atoms. The van der Waals surface area contributed by atoms with Gasteiger partial charge in [-0.1, -0.05) is 74.9 Å². The summed E-state index contributed by atoms with van der Waals surface area (Å²) in [4.78, 5) is 7.10. The van der Waals surface area contributed by atoms with Crippen molar-refractivity contribution >= 4 is 22.7 Å². The molecule has 4 nitrogen and oxygen atoms in total. The molecular weight excluding hydrogens is 364 g/mol. The Morgan fingerprint density at radius 3 is 2.64 bits per heavy atom. The second-order valence-electron chi connectivity index (χ2n) is 6.70. The van der Waals surface area contributed by atoms with Gasteiger partial charge >= 0.3 is 0 Å². The topological polar surface area (TPSA) is 40.5 Å². The van der Waals surface area contributed by atoms with E-state index in [9.17, 15) is 0 Å². The number of aromatic nitrogens is 1. The summed E-state index contributed by atoms with van der Waals surface area (Å²) < 4.78 is 0. The minimum absolute atomic E-state index is 0.797. The zero-order valence-electron chi connectivity index (χ0n) is 16.6. The van der Waals surface area contributed by atoms with Crippen molar-refractivity contribution in [3.05, 3.63) is 71.1 Å². The molecule has 5 heteroatoms. The van der Waals surface area contributed by atoms with Crippen molar-refractivity contribution in [1.82, 2.24) is 9.88 Å². The first-order valence-electron chi connectivity index (χ1n) is 9.90. The average molecular weight is 393 g/mol. The Labute approximate surface area is 172 Å². The third-order valence-electron chi connectivity index (χ3n) is 4.66. The maximum absolute atomic E-state index is 4.61. The van der Waals surface area contributed by atoms with Crippen molar-refractivity contribution in [3.8, 4) is 11.3 Å². The predicted molar refractivity (Wildman–Crippen MR) is 121 cm³/mol. The fourth-order valence-corrected chi connectivity index (χ4v) is 3.67. The number of nitrogens with one attached hydrogen (secondary N) is 1. The molecule has 1 N–H and O–H groups in total. The highest BCUT2D eigenvalue weighted by molar-refractivity contribution is 7.14. The van der Waals surface area contributed by atoms with E-state index in [1.54, 1.807) is 11.3 Å². The van der Waals surface area contributed by atoms with Crippen molar-refractivity contribution in [1.29, 1.82) is 0 Å². The van der Waals surface area contributed by atoms with Crippen LogP contribution in [-0.2, 0) is 6.54 Å². The molecule has 0 bridgehead atoms. The molecule has 0 aliphatic carbocycles. The molecule has 0 fully saturated rings.